The lowest BCUT2D eigenvalue weighted by molar-refractivity contribution is -0.122. The first-order chi connectivity index (χ1) is 13.4. The molecule has 4 rings (SSSR count). The molecule has 1 saturated heterocycles. The minimum Gasteiger partial charge on any atom is -0.423 e. The molecule has 0 N–H and O–H groups in total. The maximum atomic E-state index is 12.8. The molecule has 0 unspecified atom stereocenters. The average molecular weight is 396 g/mol. The summed E-state index contributed by atoms with van der Waals surface area (Å²) in [5.41, 5.74) is 2.02. The molecule has 2 aromatic carbocycles. The van der Waals surface area contributed by atoms with Crippen molar-refractivity contribution in [2.45, 2.75) is 19.8 Å². The predicted octanol–water partition coefficient (Wildman–Crippen LogP) is 4.40. The Hall–Kier alpha value is -2.92. The van der Waals surface area contributed by atoms with Crippen LogP contribution in [0.15, 0.2) is 60.2 Å². The van der Waals surface area contributed by atoms with Gasteiger partial charge in [-0.25, -0.2) is 4.79 Å². The van der Waals surface area contributed by atoms with Gasteiger partial charge in [0.05, 0.1) is 23.1 Å². The van der Waals surface area contributed by atoms with Crippen LogP contribution in [-0.2, 0) is 9.59 Å². The highest BCUT2D eigenvalue weighted by Crippen LogP contribution is 2.40. The van der Waals surface area contributed by atoms with Crippen LogP contribution in [0.4, 0.5) is 5.69 Å². The van der Waals surface area contributed by atoms with E-state index in [9.17, 15) is 14.4 Å². The number of benzene rings is 2. The number of hydrogen-bond donors (Lipinski definition) is 0. The molecule has 2 aliphatic rings. The van der Waals surface area contributed by atoms with E-state index in [1.54, 1.807) is 48.5 Å². The van der Waals surface area contributed by atoms with E-state index in [4.69, 9.17) is 16.3 Å². The number of hydrogen-bond acceptors (Lipinski definition) is 4. The molecule has 2 aromatic rings. The van der Waals surface area contributed by atoms with Gasteiger partial charge in [0.2, 0.25) is 11.8 Å². The fourth-order valence-corrected chi connectivity index (χ4v) is 3.83. The molecule has 0 spiro atoms. The largest absolute Gasteiger partial charge is 0.423 e. The number of carbonyl (C=O) groups is 3. The molecule has 2 atom stereocenters. The van der Waals surface area contributed by atoms with Gasteiger partial charge < -0.3 is 4.74 Å². The zero-order valence-electron chi connectivity index (χ0n) is 15.2. The number of esters is 1. The van der Waals surface area contributed by atoms with Gasteiger partial charge in [0.25, 0.3) is 0 Å². The van der Waals surface area contributed by atoms with E-state index < -0.39 is 5.97 Å². The molecule has 0 aromatic heterocycles. The summed E-state index contributed by atoms with van der Waals surface area (Å²) in [6.45, 7) is 1.99. The summed E-state index contributed by atoms with van der Waals surface area (Å²) in [5, 5.41) is 0.534. The number of nitrogens with zero attached hydrogens (tertiary/aromatic N) is 1. The average Bonchev–Trinajstić information content (AvgIpc) is 2.93. The number of imide groups is 1. The van der Waals surface area contributed by atoms with Gasteiger partial charge in [-0.15, -0.1) is 0 Å². The summed E-state index contributed by atoms with van der Waals surface area (Å²) < 4.78 is 5.34. The minimum atomic E-state index is -0.509. The predicted molar refractivity (Wildman–Crippen MR) is 105 cm³/mol. The second-order valence-electron chi connectivity index (χ2n) is 7.11. The molecule has 1 aliphatic heterocycles. The molecule has 5 nitrogen and oxygen atoms in total. The Morgan fingerprint density at radius 1 is 1.00 bits per heavy atom. The number of amides is 2. The number of anilines is 1. The van der Waals surface area contributed by atoms with E-state index in [0.29, 0.717) is 34.9 Å². The van der Waals surface area contributed by atoms with E-state index in [1.807, 2.05) is 13.0 Å². The fraction of sp³-hybridized carbons (Fsp3) is 0.227. The van der Waals surface area contributed by atoms with Crippen LogP contribution in [0.25, 0.3) is 0 Å². The maximum Gasteiger partial charge on any atom is 0.343 e. The van der Waals surface area contributed by atoms with E-state index in [-0.39, 0.29) is 23.7 Å². The van der Waals surface area contributed by atoms with Gasteiger partial charge in [-0.3, -0.25) is 14.5 Å². The van der Waals surface area contributed by atoms with Crippen LogP contribution < -0.4 is 9.64 Å². The fourth-order valence-electron chi connectivity index (χ4n) is 3.71. The van der Waals surface area contributed by atoms with Crippen molar-refractivity contribution < 1.29 is 19.1 Å². The highest BCUT2D eigenvalue weighted by molar-refractivity contribution is 6.30. The third-order valence-corrected chi connectivity index (χ3v) is 5.46. The summed E-state index contributed by atoms with van der Waals surface area (Å²) in [7, 11) is 0. The third kappa shape index (κ3) is 3.34. The zero-order chi connectivity index (χ0) is 19.8. The van der Waals surface area contributed by atoms with Crippen LogP contribution in [0.2, 0.25) is 5.02 Å². The van der Waals surface area contributed by atoms with Crippen LogP contribution in [0.5, 0.6) is 5.75 Å². The number of ether oxygens (including phenoxy) is 1. The van der Waals surface area contributed by atoms with Crippen molar-refractivity contribution in [2.24, 2.45) is 11.8 Å². The monoisotopic (exact) mass is 395 g/mol. The first kappa shape index (κ1) is 18.4. The quantitative estimate of drug-likeness (QED) is 0.334. The molecule has 2 amide bonds. The van der Waals surface area contributed by atoms with Crippen molar-refractivity contribution in [2.75, 3.05) is 4.90 Å². The number of rotatable bonds is 3. The molecular weight excluding hydrogens is 378 g/mol. The Morgan fingerprint density at radius 2 is 1.64 bits per heavy atom. The Kier molecular flexibility index (Phi) is 4.77. The Bertz CT molecular complexity index is 979. The summed E-state index contributed by atoms with van der Waals surface area (Å²) in [6, 6.07) is 12.8. The van der Waals surface area contributed by atoms with Gasteiger partial charge in [-0.2, -0.15) is 0 Å². The van der Waals surface area contributed by atoms with Crippen molar-refractivity contribution in [3.05, 3.63) is 70.8 Å². The van der Waals surface area contributed by atoms with Crippen LogP contribution in [0.3, 0.4) is 0 Å². The molecule has 0 radical (unpaired) electrons. The molecule has 1 fully saturated rings. The van der Waals surface area contributed by atoms with Crippen LogP contribution >= 0.6 is 11.6 Å². The maximum absolute atomic E-state index is 12.8. The Labute approximate surface area is 167 Å². The van der Waals surface area contributed by atoms with E-state index in [1.165, 1.54) is 4.90 Å². The minimum absolute atomic E-state index is 0.159. The number of allylic oxidation sites excluding steroid dienone is 2. The lowest BCUT2D eigenvalue weighted by Crippen LogP contribution is -2.30. The van der Waals surface area contributed by atoms with Crippen molar-refractivity contribution in [3.8, 4) is 5.75 Å². The van der Waals surface area contributed by atoms with E-state index >= 15 is 0 Å². The second kappa shape index (κ2) is 7.24. The molecule has 142 valence electrons. The van der Waals surface area contributed by atoms with E-state index in [2.05, 4.69) is 0 Å². The normalized spacial score (nSPS) is 21.4. The van der Waals surface area contributed by atoms with Crippen LogP contribution in [-0.4, -0.2) is 17.8 Å². The lowest BCUT2D eigenvalue weighted by Gasteiger charge is -2.18. The van der Waals surface area contributed by atoms with Gasteiger partial charge in [0, 0.05) is 5.02 Å². The summed E-state index contributed by atoms with van der Waals surface area (Å²) in [6.07, 6.45) is 3.27. The van der Waals surface area contributed by atoms with Crippen LogP contribution in [0, 0.1) is 11.8 Å². The third-order valence-electron chi connectivity index (χ3n) is 5.21. The number of fused-ring (bicyclic) bond motifs is 1. The van der Waals surface area contributed by atoms with Crippen molar-refractivity contribution >= 4 is 35.1 Å². The molecular formula is C22H18ClNO4. The van der Waals surface area contributed by atoms with Gasteiger partial charge in [-0.05, 0) is 68.3 Å². The number of carbonyl (C=O) groups excluding carboxylic acids is 3. The van der Waals surface area contributed by atoms with Gasteiger partial charge in [-0.1, -0.05) is 23.3 Å². The molecule has 28 heavy (non-hydrogen) atoms. The molecule has 6 heteroatoms. The van der Waals surface area contributed by atoms with Crippen LogP contribution in [0.1, 0.15) is 30.1 Å². The van der Waals surface area contributed by atoms with E-state index in [0.717, 1.165) is 5.57 Å². The van der Waals surface area contributed by atoms with Gasteiger partial charge in [0.15, 0.2) is 0 Å². The molecule has 0 bridgehead atoms. The first-order valence-corrected chi connectivity index (χ1v) is 9.43. The highest BCUT2D eigenvalue weighted by atomic mass is 35.5. The van der Waals surface area contributed by atoms with Gasteiger partial charge in [0.1, 0.15) is 5.75 Å². The SMILES string of the molecule is CC1=CC[C@H]2C(=O)N(c3ccc(OC(=O)c4ccc(Cl)cc4)cc3)C(=O)[C@@H]2C1. The first-order valence-electron chi connectivity index (χ1n) is 9.05. The number of halogens is 1. The molecule has 1 heterocycles. The summed E-state index contributed by atoms with van der Waals surface area (Å²) >= 11 is 5.82. The molecule has 1 aliphatic carbocycles. The van der Waals surface area contributed by atoms with Crippen molar-refractivity contribution in [1.82, 2.24) is 0 Å². The smallest absolute Gasteiger partial charge is 0.343 e. The summed E-state index contributed by atoms with van der Waals surface area (Å²) in [4.78, 5) is 38.9. The topological polar surface area (TPSA) is 63.7 Å². The Morgan fingerprint density at radius 3 is 2.32 bits per heavy atom. The standard InChI is InChI=1S/C22H18ClNO4/c1-13-2-11-18-19(12-13)21(26)24(20(18)25)16-7-9-17(10-8-16)28-22(27)14-3-5-15(23)6-4-14/h2-10,18-19H,11-12H2,1H3/t18-,19-/m1/s1. The van der Waals surface area contributed by atoms with Crippen molar-refractivity contribution in [1.29, 1.82) is 0 Å². The zero-order valence-corrected chi connectivity index (χ0v) is 16.0. The summed E-state index contributed by atoms with van der Waals surface area (Å²) in [5.74, 6) is -1.06. The van der Waals surface area contributed by atoms with Crippen molar-refractivity contribution in [3.63, 3.8) is 0 Å². The Balaban J connectivity index is 1.49. The molecule has 0 saturated carbocycles. The lowest BCUT2D eigenvalue weighted by atomic mass is 9.82. The highest BCUT2D eigenvalue weighted by Gasteiger charge is 2.48. The second-order valence-corrected chi connectivity index (χ2v) is 7.54. The van der Waals surface area contributed by atoms with Gasteiger partial charge >= 0.3 is 5.97 Å².